The van der Waals surface area contributed by atoms with Crippen molar-refractivity contribution < 1.29 is 33.4 Å². The molecule has 13 nitrogen and oxygen atoms in total. The predicted octanol–water partition coefficient (Wildman–Crippen LogP) is 1.20. The highest BCUT2D eigenvalue weighted by molar-refractivity contribution is 7.14. The molecular weight excluding hydrogens is 492 g/mol. The summed E-state index contributed by atoms with van der Waals surface area (Å²) in [6.07, 6.45) is 3.12. The van der Waals surface area contributed by atoms with E-state index in [2.05, 4.69) is 25.5 Å². The highest BCUT2D eigenvalue weighted by atomic mass is 32.1. The second kappa shape index (κ2) is 9.65. The maximum Gasteiger partial charge on any atom is 0.357 e. The minimum atomic E-state index is -1.26. The number of nitrogens with one attached hydrogen (secondary N) is 2. The van der Waals surface area contributed by atoms with Crippen molar-refractivity contribution in [2.75, 3.05) is 25.6 Å². The number of benzene rings is 1. The van der Waals surface area contributed by atoms with Gasteiger partial charge in [-0.3, -0.25) is 14.3 Å². The van der Waals surface area contributed by atoms with Crippen LogP contribution in [0.25, 0.3) is 0 Å². The van der Waals surface area contributed by atoms with Gasteiger partial charge in [0, 0.05) is 17.8 Å². The average Bonchev–Trinajstić information content (AvgIpc) is 3.63. The summed E-state index contributed by atoms with van der Waals surface area (Å²) in [5, 5.41) is 10.8. The molecule has 0 aliphatic carbocycles. The molecule has 1 fully saturated rings. The summed E-state index contributed by atoms with van der Waals surface area (Å²) < 4.78 is 17.2. The number of carbonyl (C=O) groups is 4. The minimum Gasteiger partial charge on any atom is -0.486 e. The summed E-state index contributed by atoms with van der Waals surface area (Å²) in [6.45, 7) is 0.693. The average molecular weight is 513 g/mol. The van der Waals surface area contributed by atoms with Gasteiger partial charge in [0.05, 0.1) is 13.7 Å². The first-order valence-corrected chi connectivity index (χ1v) is 11.7. The lowest BCUT2D eigenvalue weighted by Crippen LogP contribution is -2.50. The lowest BCUT2D eigenvalue weighted by Gasteiger charge is -2.24. The van der Waals surface area contributed by atoms with Gasteiger partial charge < -0.3 is 24.8 Å². The molecule has 0 radical (unpaired) electrons. The standard InChI is InChI=1S/C22H20N6O7S/c1-33-20(31)13-11-36-21(24-13)26-18(29)14(10-27-6-2-5-23-27)28-19(30)17(25-22(28)32)12-3-4-15-16(9-12)35-8-7-34-15/h2-6,9,11,14,17H,7-8,10H2,1H3,(H,25,32)(H,24,26,29)/t14?,17-/m1/s1. The molecule has 2 aliphatic heterocycles. The van der Waals surface area contributed by atoms with E-state index < -0.39 is 35.9 Å². The second-order valence-corrected chi connectivity index (χ2v) is 8.61. The summed E-state index contributed by atoms with van der Waals surface area (Å²) in [6, 6.07) is 3.60. The Labute approximate surface area is 207 Å². The molecule has 0 saturated carbocycles. The largest absolute Gasteiger partial charge is 0.486 e. The van der Waals surface area contributed by atoms with Crippen LogP contribution in [0.1, 0.15) is 22.1 Å². The number of ether oxygens (including phenoxy) is 3. The molecule has 2 N–H and O–H groups in total. The van der Waals surface area contributed by atoms with E-state index in [0.717, 1.165) is 16.2 Å². The molecule has 4 amide bonds. The van der Waals surface area contributed by atoms with Crippen molar-refractivity contribution in [3.63, 3.8) is 0 Å². The molecule has 14 heteroatoms. The van der Waals surface area contributed by atoms with Crippen LogP contribution in [0.3, 0.4) is 0 Å². The summed E-state index contributed by atoms with van der Waals surface area (Å²) >= 11 is 1.01. The molecule has 5 rings (SSSR count). The third-order valence-electron chi connectivity index (χ3n) is 5.53. The molecule has 4 heterocycles. The van der Waals surface area contributed by atoms with Crippen molar-refractivity contribution in [1.29, 1.82) is 0 Å². The number of thiazole rings is 1. The van der Waals surface area contributed by atoms with Crippen molar-refractivity contribution in [2.24, 2.45) is 0 Å². The fourth-order valence-corrected chi connectivity index (χ4v) is 4.52. The zero-order valence-electron chi connectivity index (χ0n) is 18.9. The number of carbonyl (C=O) groups excluding carboxylic acids is 4. The van der Waals surface area contributed by atoms with Gasteiger partial charge in [0.25, 0.3) is 11.8 Å². The number of nitrogens with zero attached hydrogens (tertiary/aromatic N) is 4. The van der Waals surface area contributed by atoms with Gasteiger partial charge in [0.2, 0.25) is 0 Å². The van der Waals surface area contributed by atoms with Crippen LogP contribution < -0.4 is 20.1 Å². The third-order valence-corrected chi connectivity index (χ3v) is 6.29. The molecule has 186 valence electrons. The minimum absolute atomic E-state index is 0.0232. The first-order valence-electron chi connectivity index (χ1n) is 10.8. The molecule has 0 bridgehead atoms. The van der Waals surface area contributed by atoms with Gasteiger partial charge >= 0.3 is 12.0 Å². The van der Waals surface area contributed by atoms with Crippen LogP contribution in [0.15, 0.2) is 42.0 Å². The number of esters is 1. The summed E-state index contributed by atoms with van der Waals surface area (Å²) in [4.78, 5) is 56.3. The van der Waals surface area contributed by atoms with Crippen molar-refractivity contribution in [2.45, 2.75) is 18.6 Å². The Hall–Kier alpha value is -4.46. The number of fused-ring (bicyclic) bond motifs is 1. The van der Waals surface area contributed by atoms with Crippen LogP contribution in [0.5, 0.6) is 11.5 Å². The Morgan fingerprint density at radius 2 is 2.08 bits per heavy atom. The Morgan fingerprint density at radius 3 is 2.83 bits per heavy atom. The highest BCUT2D eigenvalue weighted by Crippen LogP contribution is 2.34. The number of amides is 4. The lowest BCUT2D eigenvalue weighted by atomic mass is 10.1. The fraction of sp³-hybridized carbons (Fsp3) is 0.273. The summed E-state index contributed by atoms with van der Waals surface area (Å²) in [5.41, 5.74) is 0.510. The van der Waals surface area contributed by atoms with Crippen LogP contribution in [0.4, 0.5) is 9.93 Å². The Kier molecular flexibility index (Phi) is 6.25. The van der Waals surface area contributed by atoms with Gasteiger partial charge in [-0.1, -0.05) is 6.07 Å². The molecule has 2 aromatic heterocycles. The number of anilines is 1. The summed E-state index contributed by atoms with van der Waals surface area (Å²) in [7, 11) is 1.22. The molecule has 2 atom stereocenters. The van der Waals surface area contributed by atoms with Gasteiger partial charge in [-0.15, -0.1) is 11.3 Å². The SMILES string of the molecule is COC(=O)c1csc(NC(=O)C(Cn2cccn2)N2C(=O)N[C@H](c3ccc4c(c3)OCCO4)C2=O)n1. The van der Waals surface area contributed by atoms with Crippen molar-refractivity contribution in [3.8, 4) is 11.5 Å². The van der Waals surface area contributed by atoms with Crippen molar-refractivity contribution >= 4 is 40.3 Å². The number of hydrogen-bond donors (Lipinski definition) is 2. The topological polar surface area (TPSA) is 154 Å². The van der Waals surface area contributed by atoms with E-state index in [0.29, 0.717) is 30.3 Å². The number of urea groups is 1. The molecule has 36 heavy (non-hydrogen) atoms. The molecule has 1 unspecified atom stereocenters. The van der Waals surface area contributed by atoms with Gasteiger partial charge in [-0.2, -0.15) is 5.10 Å². The van der Waals surface area contributed by atoms with Crippen LogP contribution in [0, 0.1) is 0 Å². The van der Waals surface area contributed by atoms with E-state index in [9.17, 15) is 19.2 Å². The number of imide groups is 1. The Balaban J connectivity index is 1.40. The maximum atomic E-state index is 13.4. The first kappa shape index (κ1) is 23.3. The van der Waals surface area contributed by atoms with Gasteiger partial charge in [0.15, 0.2) is 22.3 Å². The van der Waals surface area contributed by atoms with E-state index in [1.807, 2.05) is 0 Å². The molecule has 2 aliphatic rings. The number of hydrogen-bond acceptors (Lipinski definition) is 10. The van der Waals surface area contributed by atoms with Crippen LogP contribution in [-0.4, -0.2) is 69.8 Å². The van der Waals surface area contributed by atoms with Crippen LogP contribution >= 0.6 is 11.3 Å². The van der Waals surface area contributed by atoms with E-state index in [1.165, 1.54) is 23.4 Å². The maximum absolute atomic E-state index is 13.4. The predicted molar refractivity (Wildman–Crippen MR) is 124 cm³/mol. The molecule has 1 aromatic carbocycles. The molecule has 3 aromatic rings. The highest BCUT2D eigenvalue weighted by Gasteiger charge is 2.46. The zero-order valence-corrected chi connectivity index (χ0v) is 19.7. The van der Waals surface area contributed by atoms with Crippen molar-refractivity contribution in [3.05, 3.63) is 53.3 Å². The monoisotopic (exact) mass is 512 g/mol. The van der Waals surface area contributed by atoms with E-state index in [-0.39, 0.29) is 17.4 Å². The molecule has 1 saturated heterocycles. The zero-order chi connectivity index (χ0) is 25.2. The lowest BCUT2D eigenvalue weighted by molar-refractivity contribution is -0.134. The van der Waals surface area contributed by atoms with Crippen LogP contribution in [-0.2, 0) is 20.9 Å². The normalized spacial score (nSPS) is 17.5. The molecular formula is C22H20N6O7S. The summed E-state index contributed by atoms with van der Waals surface area (Å²) in [5.74, 6) is -0.934. The van der Waals surface area contributed by atoms with Crippen LogP contribution in [0.2, 0.25) is 0 Å². The number of methoxy groups -OCH3 is 1. The van der Waals surface area contributed by atoms with E-state index >= 15 is 0 Å². The molecule has 0 spiro atoms. The third kappa shape index (κ3) is 4.45. The quantitative estimate of drug-likeness (QED) is 0.351. The van der Waals surface area contributed by atoms with Gasteiger partial charge in [-0.25, -0.2) is 19.5 Å². The Bertz CT molecular complexity index is 1320. The van der Waals surface area contributed by atoms with Gasteiger partial charge in [0.1, 0.15) is 25.3 Å². The fourth-order valence-electron chi connectivity index (χ4n) is 3.84. The number of rotatable bonds is 7. The van der Waals surface area contributed by atoms with Gasteiger partial charge in [-0.05, 0) is 23.8 Å². The number of aromatic nitrogens is 3. The van der Waals surface area contributed by atoms with Crippen molar-refractivity contribution in [1.82, 2.24) is 25.0 Å². The van der Waals surface area contributed by atoms with E-state index in [1.54, 1.807) is 30.5 Å². The Morgan fingerprint density at radius 1 is 1.28 bits per heavy atom. The first-order chi connectivity index (χ1) is 17.4. The van der Waals surface area contributed by atoms with E-state index in [4.69, 9.17) is 9.47 Å². The smallest absolute Gasteiger partial charge is 0.357 e. The second-order valence-electron chi connectivity index (χ2n) is 7.76.